The summed E-state index contributed by atoms with van der Waals surface area (Å²) in [6.45, 7) is 1.85. The van der Waals surface area contributed by atoms with Crippen LogP contribution in [0.4, 0.5) is 0 Å². The average molecular weight is 420 g/mol. The second kappa shape index (κ2) is 9.47. The standard InChI is InChI=1S/C25H25NO3S/c27-24(29-30)23(22-18-26-16-17-28-22)25(19-10-4-1-5-11-19,20-12-6-2-7-13-20)21-14-8-3-9-15-21/h1-15,22-23,26,30H,16-18H2. The quantitative estimate of drug-likeness (QED) is 0.360. The molecule has 0 spiro atoms. The van der Waals surface area contributed by atoms with Crippen LogP contribution in [0.15, 0.2) is 91.0 Å². The van der Waals surface area contributed by atoms with Crippen molar-refractivity contribution in [2.24, 2.45) is 5.92 Å². The molecule has 4 nitrogen and oxygen atoms in total. The Morgan fingerprint density at radius 1 is 0.900 bits per heavy atom. The van der Waals surface area contributed by atoms with Crippen molar-refractivity contribution in [2.45, 2.75) is 11.5 Å². The van der Waals surface area contributed by atoms with Gasteiger partial charge in [-0.25, -0.2) is 0 Å². The van der Waals surface area contributed by atoms with Crippen LogP contribution >= 0.6 is 12.9 Å². The third kappa shape index (κ3) is 3.76. The van der Waals surface area contributed by atoms with Crippen LogP contribution in [0.3, 0.4) is 0 Å². The van der Waals surface area contributed by atoms with Gasteiger partial charge in [-0.15, -0.1) is 0 Å². The molecule has 1 aliphatic rings. The summed E-state index contributed by atoms with van der Waals surface area (Å²) >= 11 is 3.92. The van der Waals surface area contributed by atoms with Crippen LogP contribution in [0.5, 0.6) is 0 Å². The molecule has 0 aliphatic carbocycles. The minimum Gasteiger partial charge on any atom is -0.394 e. The van der Waals surface area contributed by atoms with E-state index in [-0.39, 0.29) is 6.10 Å². The molecule has 4 rings (SSSR count). The van der Waals surface area contributed by atoms with Crippen molar-refractivity contribution in [2.75, 3.05) is 19.7 Å². The molecule has 3 aromatic carbocycles. The zero-order valence-electron chi connectivity index (χ0n) is 16.6. The minimum absolute atomic E-state index is 0.376. The molecule has 0 aromatic heterocycles. The van der Waals surface area contributed by atoms with Gasteiger partial charge >= 0.3 is 5.97 Å². The Morgan fingerprint density at radius 2 is 1.37 bits per heavy atom. The fourth-order valence-corrected chi connectivity index (χ4v) is 4.72. The van der Waals surface area contributed by atoms with Gasteiger partial charge in [0, 0.05) is 26.0 Å². The molecule has 0 saturated carbocycles. The Bertz CT molecular complexity index is 847. The molecule has 3 aromatic rings. The number of hydrogen-bond acceptors (Lipinski definition) is 5. The van der Waals surface area contributed by atoms with Gasteiger partial charge in [0.15, 0.2) is 0 Å². The molecule has 1 fully saturated rings. The third-order valence-corrected chi connectivity index (χ3v) is 6.01. The van der Waals surface area contributed by atoms with E-state index >= 15 is 0 Å². The molecule has 1 aliphatic heterocycles. The van der Waals surface area contributed by atoms with Crippen molar-refractivity contribution < 1.29 is 13.7 Å². The van der Waals surface area contributed by atoms with E-state index in [1.54, 1.807) is 0 Å². The first-order valence-corrected chi connectivity index (χ1v) is 10.5. The van der Waals surface area contributed by atoms with Gasteiger partial charge in [-0.2, -0.15) is 0 Å². The summed E-state index contributed by atoms with van der Waals surface area (Å²) in [5.74, 6) is -1.06. The highest BCUT2D eigenvalue weighted by molar-refractivity contribution is 7.75. The normalized spacial score (nSPS) is 17.8. The summed E-state index contributed by atoms with van der Waals surface area (Å²) < 4.78 is 11.2. The molecule has 2 unspecified atom stereocenters. The molecule has 1 N–H and O–H groups in total. The molecule has 0 radical (unpaired) electrons. The molecular weight excluding hydrogens is 394 g/mol. The third-order valence-electron chi connectivity index (χ3n) is 5.83. The number of thiol groups is 1. The van der Waals surface area contributed by atoms with Crippen molar-refractivity contribution in [1.29, 1.82) is 0 Å². The second-order valence-corrected chi connectivity index (χ2v) is 7.59. The van der Waals surface area contributed by atoms with Crippen molar-refractivity contribution in [3.8, 4) is 0 Å². The van der Waals surface area contributed by atoms with Gasteiger partial charge in [0.2, 0.25) is 0 Å². The van der Waals surface area contributed by atoms with Crippen LogP contribution in [0.2, 0.25) is 0 Å². The lowest BCUT2D eigenvalue weighted by Crippen LogP contribution is -2.54. The fraction of sp³-hybridized carbons (Fsp3) is 0.240. The number of rotatable bonds is 6. The Kier molecular flexibility index (Phi) is 6.53. The van der Waals surface area contributed by atoms with Crippen LogP contribution in [0.25, 0.3) is 0 Å². The van der Waals surface area contributed by atoms with Crippen LogP contribution < -0.4 is 5.32 Å². The number of carbonyl (C=O) groups excluding carboxylic acids is 1. The lowest BCUT2D eigenvalue weighted by molar-refractivity contribution is -0.146. The van der Waals surface area contributed by atoms with Gasteiger partial charge in [-0.3, -0.25) is 4.79 Å². The van der Waals surface area contributed by atoms with Crippen LogP contribution in [-0.4, -0.2) is 31.8 Å². The molecule has 154 valence electrons. The average Bonchev–Trinajstić information content (AvgIpc) is 2.84. The number of nitrogens with one attached hydrogen (secondary N) is 1. The maximum Gasteiger partial charge on any atom is 0.325 e. The van der Waals surface area contributed by atoms with Gasteiger partial charge in [0.1, 0.15) is 5.92 Å². The lowest BCUT2D eigenvalue weighted by Gasteiger charge is -2.45. The zero-order valence-corrected chi connectivity index (χ0v) is 17.5. The molecule has 1 saturated heterocycles. The van der Waals surface area contributed by atoms with E-state index in [4.69, 9.17) is 8.92 Å². The van der Waals surface area contributed by atoms with Crippen LogP contribution in [-0.2, 0) is 19.1 Å². The molecule has 5 heteroatoms. The Morgan fingerprint density at radius 3 is 1.73 bits per heavy atom. The van der Waals surface area contributed by atoms with E-state index in [1.165, 1.54) is 0 Å². The van der Waals surface area contributed by atoms with Gasteiger partial charge in [0.25, 0.3) is 0 Å². The van der Waals surface area contributed by atoms with E-state index in [1.807, 2.05) is 54.6 Å². The van der Waals surface area contributed by atoms with Crippen LogP contribution in [0, 0.1) is 5.92 Å². The van der Waals surface area contributed by atoms with Gasteiger partial charge in [-0.05, 0) is 16.7 Å². The summed E-state index contributed by atoms with van der Waals surface area (Å²) in [5, 5.41) is 3.36. The Labute approximate surface area is 182 Å². The molecule has 0 amide bonds. The number of morpholine rings is 1. The maximum absolute atomic E-state index is 13.4. The smallest absolute Gasteiger partial charge is 0.325 e. The van der Waals surface area contributed by atoms with Crippen molar-refractivity contribution >= 4 is 18.9 Å². The summed E-state index contributed by atoms with van der Waals surface area (Å²) in [5.41, 5.74) is 2.19. The molecule has 2 atom stereocenters. The Hall–Kier alpha value is -2.60. The molecule has 0 bridgehead atoms. The largest absolute Gasteiger partial charge is 0.394 e. The summed E-state index contributed by atoms with van der Waals surface area (Å²) in [4.78, 5) is 13.4. The highest BCUT2D eigenvalue weighted by Crippen LogP contribution is 2.48. The summed E-state index contributed by atoms with van der Waals surface area (Å²) in [7, 11) is 0. The monoisotopic (exact) mass is 419 g/mol. The predicted octanol–water partition coefficient (Wildman–Crippen LogP) is 4.01. The minimum atomic E-state index is -0.812. The molecule has 30 heavy (non-hydrogen) atoms. The van der Waals surface area contributed by atoms with Crippen molar-refractivity contribution in [3.63, 3.8) is 0 Å². The first-order chi connectivity index (χ1) is 14.8. The number of benzene rings is 3. The Balaban J connectivity index is 2.06. The number of ether oxygens (including phenoxy) is 1. The zero-order chi connectivity index (χ0) is 20.8. The number of carbonyl (C=O) groups is 1. The van der Waals surface area contributed by atoms with E-state index in [0.29, 0.717) is 13.2 Å². The molecule has 1 heterocycles. The van der Waals surface area contributed by atoms with Gasteiger partial charge in [-0.1, -0.05) is 91.0 Å². The highest BCUT2D eigenvalue weighted by Gasteiger charge is 2.52. The first-order valence-electron chi connectivity index (χ1n) is 10.1. The van der Waals surface area contributed by atoms with Crippen molar-refractivity contribution in [1.82, 2.24) is 5.32 Å². The fourth-order valence-electron chi connectivity index (χ4n) is 4.61. The lowest BCUT2D eigenvalue weighted by atomic mass is 9.60. The second-order valence-electron chi connectivity index (χ2n) is 7.41. The maximum atomic E-state index is 13.4. The van der Waals surface area contributed by atoms with Crippen LogP contribution in [0.1, 0.15) is 16.7 Å². The van der Waals surface area contributed by atoms with E-state index in [2.05, 4.69) is 54.6 Å². The van der Waals surface area contributed by atoms with Gasteiger partial charge in [0.05, 0.1) is 18.1 Å². The topological polar surface area (TPSA) is 47.6 Å². The highest BCUT2D eigenvalue weighted by atomic mass is 32.1. The van der Waals surface area contributed by atoms with E-state index in [9.17, 15) is 4.79 Å². The van der Waals surface area contributed by atoms with E-state index in [0.717, 1.165) is 23.2 Å². The SMILES string of the molecule is O=C(OS)C(C1CNCCO1)C(c1ccccc1)(c1ccccc1)c1ccccc1. The summed E-state index contributed by atoms with van der Waals surface area (Å²) in [6, 6.07) is 30.3. The number of hydrogen-bond donors (Lipinski definition) is 2. The molecular formula is C25H25NO3S. The van der Waals surface area contributed by atoms with Gasteiger partial charge < -0.3 is 14.2 Å². The van der Waals surface area contributed by atoms with E-state index < -0.39 is 17.3 Å². The first kappa shape index (κ1) is 20.7. The predicted molar refractivity (Wildman–Crippen MR) is 120 cm³/mol. The van der Waals surface area contributed by atoms with Crippen molar-refractivity contribution in [3.05, 3.63) is 108 Å². The summed E-state index contributed by atoms with van der Waals surface area (Å²) in [6.07, 6.45) is -0.376.